The lowest BCUT2D eigenvalue weighted by molar-refractivity contribution is -0.138. The molecule has 1 aliphatic heterocycles. The summed E-state index contributed by atoms with van der Waals surface area (Å²) < 4.78 is 5.43. The molecule has 1 aromatic rings. The second-order valence-corrected chi connectivity index (χ2v) is 5.20. The van der Waals surface area contributed by atoms with E-state index < -0.39 is 11.9 Å². The Morgan fingerprint density at radius 3 is 2.69 bits per heavy atom. The predicted molar refractivity (Wildman–Crippen MR) is 61.0 cm³/mol. The third-order valence-electron chi connectivity index (χ3n) is 2.96. The predicted octanol–water partition coefficient (Wildman–Crippen LogP) is 2.54. The first-order chi connectivity index (χ1) is 7.39. The van der Waals surface area contributed by atoms with Crippen LogP contribution in [0.4, 0.5) is 0 Å². The van der Waals surface area contributed by atoms with Gasteiger partial charge in [-0.15, -0.1) is 0 Å². The summed E-state index contributed by atoms with van der Waals surface area (Å²) in [5.41, 5.74) is 2.01. The van der Waals surface area contributed by atoms with Gasteiger partial charge in [0.25, 0.3) is 0 Å². The van der Waals surface area contributed by atoms with Crippen molar-refractivity contribution in [1.82, 2.24) is 0 Å². The van der Waals surface area contributed by atoms with Gasteiger partial charge in [0.2, 0.25) is 0 Å². The second-order valence-electron chi connectivity index (χ2n) is 5.20. The fraction of sp³-hybridized carbons (Fsp3) is 0.462. The van der Waals surface area contributed by atoms with Gasteiger partial charge < -0.3 is 9.84 Å². The highest BCUT2D eigenvalue weighted by Crippen LogP contribution is 2.37. The van der Waals surface area contributed by atoms with Gasteiger partial charge in [0.1, 0.15) is 18.3 Å². The van der Waals surface area contributed by atoms with Crippen molar-refractivity contribution in [1.29, 1.82) is 0 Å². The Hall–Kier alpha value is -1.51. The molecule has 0 saturated heterocycles. The molecule has 1 unspecified atom stereocenters. The number of benzene rings is 1. The first kappa shape index (κ1) is 11.0. The summed E-state index contributed by atoms with van der Waals surface area (Å²) in [5.74, 6) is -0.605. The lowest BCUT2D eigenvalue weighted by atomic mass is 9.85. The number of hydrogen-bond donors (Lipinski definition) is 1. The van der Waals surface area contributed by atoms with E-state index in [4.69, 9.17) is 9.84 Å². The van der Waals surface area contributed by atoms with Crippen LogP contribution in [0.5, 0.6) is 5.75 Å². The second kappa shape index (κ2) is 3.51. The average Bonchev–Trinajstić information content (AvgIpc) is 2.58. The SMILES string of the molecule is CC(C)(C)c1ccc2c(c1)OCC2C(=O)O. The summed E-state index contributed by atoms with van der Waals surface area (Å²) in [5, 5.41) is 9.01. The zero-order valence-corrected chi connectivity index (χ0v) is 9.78. The van der Waals surface area contributed by atoms with E-state index in [0.29, 0.717) is 0 Å². The molecule has 0 saturated carbocycles. The first-order valence-electron chi connectivity index (χ1n) is 5.39. The van der Waals surface area contributed by atoms with Crippen LogP contribution in [0.1, 0.15) is 37.8 Å². The largest absolute Gasteiger partial charge is 0.492 e. The molecular formula is C13H16O3. The molecule has 1 N–H and O–H groups in total. The van der Waals surface area contributed by atoms with E-state index in [9.17, 15) is 4.79 Å². The van der Waals surface area contributed by atoms with Gasteiger partial charge in [-0.3, -0.25) is 4.79 Å². The number of rotatable bonds is 1. The van der Waals surface area contributed by atoms with Crippen molar-refractivity contribution < 1.29 is 14.6 Å². The molecule has 0 amide bonds. The minimum atomic E-state index is -0.817. The van der Waals surface area contributed by atoms with E-state index in [1.165, 1.54) is 0 Å². The minimum Gasteiger partial charge on any atom is -0.492 e. The number of carbonyl (C=O) groups is 1. The first-order valence-corrected chi connectivity index (χ1v) is 5.39. The van der Waals surface area contributed by atoms with E-state index >= 15 is 0 Å². The Bertz CT molecular complexity index is 429. The maximum absolute atomic E-state index is 11.0. The van der Waals surface area contributed by atoms with E-state index in [1.54, 1.807) is 0 Å². The molecule has 0 fully saturated rings. The minimum absolute atomic E-state index is 0.0553. The molecule has 16 heavy (non-hydrogen) atoms. The maximum atomic E-state index is 11.0. The maximum Gasteiger partial charge on any atom is 0.314 e. The molecule has 1 aliphatic rings. The van der Waals surface area contributed by atoms with Crippen molar-refractivity contribution in [3.8, 4) is 5.75 Å². The Morgan fingerprint density at radius 2 is 2.12 bits per heavy atom. The Balaban J connectivity index is 2.40. The van der Waals surface area contributed by atoms with Crippen molar-refractivity contribution in [2.24, 2.45) is 0 Å². The summed E-state index contributed by atoms with van der Waals surface area (Å²) in [6.45, 7) is 6.62. The van der Waals surface area contributed by atoms with Gasteiger partial charge in [-0.05, 0) is 17.0 Å². The number of aliphatic carboxylic acids is 1. The highest BCUT2D eigenvalue weighted by Gasteiger charge is 2.31. The van der Waals surface area contributed by atoms with Crippen molar-refractivity contribution >= 4 is 5.97 Å². The van der Waals surface area contributed by atoms with Gasteiger partial charge in [-0.2, -0.15) is 0 Å². The topological polar surface area (TPSA) is 46.5 Å². The Kier molecular flexibility index (Phi) is 2.41. The van der Waals surface area contributed by atoms with E-state index in [1.807, 2.05) is 18.2 Å². The van der Waals surface area contributed by atoms with Gasteiger partial charge in [0, 0.05) is 5.56 Å². The Labute approximate surface area is 95.0 Å². The van der Waals surface area contributed by atoms with Gasteiger partial charge in [-0.25, -0.2) is 0 Å². The molecule has 1 atom stereocenters. The molecule has 3 heteroatoms. The van der Waals surface area contributed by atoms with Crippen molar-refractivity contribution in [2.75, 3.05) is 6.61 Å². The molecule has 0 spiro atoms. The number of carboxylic acid groups (broad SMARTS) is 1. The third-order valence-corrected chi connectivity index (χ3v) is 2.96. The van der Waals surface area contributed by atoms with Gasteiger partial charge in [0.15, 0.2) is 0 Å². The number of hydrogen-bond acceptors (Lipinski definition) is 2. The molecule has 86 valence electrons. The third kappa shape index (κ3) is 1.77. The molecule has 0 bridgehead atoms. The monoisotopic (exact) mass is 220 g/mol. The quantitative estimate of drug-likeness (QED) is 0.791. The summed E-state index contributed by atoms with van der Waals surface area (Å²) in [6, 6.07) is 5.82. The average molecular weight is 220 g/mol. The normalized spacial score (nSPS) is 19.1. The number of fused-ring (bicyclic) bond motifs is 1. The summed E-state index contributed by atoms with van der Waals surface area (Å²) in [7, 11) is 0. The smallest absolute Gasteiger partial charge is 0.314 e. The molecule has 2 rings (SSSR count). The fourth-order valence-electron chi connectivity index (χ4n) is 1.88. The number of carboxylic acids is 1. The van der Waals surface area contributed by atoms with E-state index in [-0.39, 0.29) is 12.0 Å². The van der Waals surface area contributed by atoms with E-state index in [0.717, 1.165) is 16.9 Å². The van der Waals surface area contributed by atoms with Gasteiger partial charge in [-0.1, -0.05) is 32.9 Å². The lowest BCUT2D eigenvalue weighted by Crippen LogP contribution is -2.13. The van der Waals surface area contributed by atoms with Gasteiger partial charge in [0.05, 0.1) is 0 Å². The molecule has 0 aliphatic carbocycles. The zero-order chi connectivity index (χ0) is 11.9. The highest BCUT2D eigenvalue weighted by atomic mass is 16.5. The van der Waals surface area contributed by atoms with Crippen LogP contribution in [0.15, 0.2) is 18.2 Å². The molecule has 1 heterocycles. The fourth-order valence-corrected chi connectivity index (χ4v) is 1.88. The van der Waals surface area contributed by atoms with Crippen LogP contribution in [0.3, 0.4) is 0 Å². The van der Waals surface area contributed by atoms with Crippen LogP contribution in [0.25, 0.3) is 0 Å². The van der Waals surface area contributed by atoms with Crippen LogP contribution < -0.4 is 4.74 Å². The highest BCUT2D eigenvalue weighted by molar-refractivity contribution is 5.78. The van der Waals surface area contributed by atoms with Crippen molar-refractivity contribution in [3.63, 3.8) is 0 Å². The molecule has 0 radical (unpaired) electrons. The van der Waals surface area contributed by atoms with Crippen LogP contribution in [0.2, 0.25) is 0 Å². The Morgan fingerprint density at radius 1 is 1.44 bits per heavy atom. The van der Waals surface area contributed by atoms with E-state index in [2.05, 4.69) is 20.8 Å². The zero-order valence-electron chi connectivity index (χ0n) is 9.78. The van der Waals surface area contributed by atoms with Crippen molar-refractivity contribution in [2.45, 2.75) is 32.1 Å². The summed E-state index contributed by atoms with van der Waals surface area (Å²) >= 11 is 0. The molecule has 3 nitrogen and oxygen atoms in total. The molecule has 0 aromatic heterocycles. The van der Waals surface area contributed by atoms with Gasteiger partial charge >= 0.3 is 5.97 Å². The van der Waals surface area contributed by atoms with Crippen molar-refractivity contribution in [3.05, 3.63) is 29.3 Å². The standard InChI is InChI=1S/C13H16O3/c1-13(2,3)8-4-5-9-10(12(14)15)7-16-11(9)6-8/h4-6,10H,7H2,1-3H3,(H,14,15). The lowest BCUT2D eigenvalue weighted by Gasteiger charge is -2.19. The summed E-state index contributed by atoms with van der Waals surface area (Å²) in [6.07, 6.45) is 0. The number of ether oxygens (including phenoxy) is 1. The molecule has 1 aromatic carbocycles. The van der Waals surface area contributed by atoms with Crippen LogP contribution in [0, 0.1) is 0 Å². The summed E-state index contributed by atoms with van der Waals surface area (Å²) in [4.78, 5) is 11.0. The van der Waals surface area contributed by atoms with Crippen LogP contribution in [-0.2, 0) is 10.2 Å². The van der Waals surface area contributed by atoms with Crippen LogP contribution >= 0.6 is 0 Å². The van der Waals surface area contributed by atoms with Crippen LogP contribution in [-0.4, -0.2) is 17.7 Å². The molecular weight excluding hydrogens is 204 g/mol.